The second kappa shape index (κ2) is 11.5. The normalized spacial score (nSPS) is 21.5. The number of carbonyl (C=O) groups is 2. The molecule has 2 N–H and O–H groups in total. The predicted octanol–water partition coefficient (Wildman–Crippen LogP) is 2.81. The van der Waals surface area contributed by atoms with Crippen LogP contribution >= 0.6 is 23.6 Å². The molecule has 41 heavy (non-hydrogen) atoms. The Morgan fingerprint density at radius 2 is 2.07 bits per heavy atom. The van der Waals surface area contributed by atoms with Gasteiger partial charge < -0.3 is 25.0 Å². The number of thiocarbonyl (C=S) groups is 1. The average molecular weight is 601 g/mol. The maximum absolute atomic E-state index is 14.7. The van der Waals surface area contributed by atoms with Crippen LogP contribution < -0.4 is 5.32 Å². The number of amidine groups is 1. The third-order valence-electron chi connectivity index (χ3n) is 7.83. The highest BCUT2D eigenvalue weighted by atomic mass is 32.1. The Labute approximate surface area is 247 Å². The minimum atomic E-state index is -0.930. The summed E-state index contributed by atoms with van der Waals surface area (Å²) in [6.45, 7) is 8.46. The first-order valence-electron chi connectivity index (χ1n) is 13.3. The minimum Gasteiger partial charge on any atom is -0.481 e. The summed E-state index contributed by atoms with van der Waals surface area (Å²) in [5.74, 6) is -1.26. The fourth-order valence-corrected chi connectivity index (χ4v) is 6.52. The maximum atomic E-state index is 14.7. The highest BCUT2D eigenvalue weighted by molar-refractivity contribution is 7.80. The summed E-state index contributed by atoms with van der Waals surface area (Å²) < 4.78 is 19.9. The fraction of sp³-hybridized carbons (Fsp3) is 0.464. The summed E-state index contributed by atoms with van der Waals surface area (Å²) in [5.41, 5.74) is 1.03. The molecule has 0 bridgehead atoms. The van der Waals surface area contributed by atoms with Crippen molar-refractivity contribution in [1.82, 2.24) is 25.0 Å². The standard InChI is InChI=1S/C28H33FN6O4S2/c1-16-18(6-5-7-19(16)29)22-21(25(36)39-4)20(31-23(32-22)24-30-8-11-41-24)14-33-9-10-35-17(12-33)13-34(27(35)40)15-28(2,3)26(37)38/h5-8,11,17,22H,9-10,12-15H2,1-4H3,(H,31,32)(H,37,38)/t17-,22-/m0/s1. The number of aliphatic carboxylic acids is 1. The molecule has 1 aromatic heterocycles. The number of hydrogen-bond donors (Lipinski definition) is 2. The molecule has 3 aliphatic heterocycles. The third-order valence-corrected chi connectivity index (χ3v) is 9.10. The van der Waals surface area contributed by atoms with Gasteiger partial charge in [-0.1, -0.05) is 12.1 Å². The molecule has 0 radical (unpaired) electrons. The SMILES string of the molecule is COC(=O)C1=C(CN2CCN3C(=S)N(CC(C)(C)C(=O)O)C[C@@H]3C2)NC(c2nccs2)=N[C@H]1c1cccc(F)c1C. The van der Waals surface area contributed by atoms with Crippen LogP contribution in [-0.2, 0) is 14.3 Å². The lowest BCUT2D eigenvalue weighted by Crippen LogP contribution is -2.53. The number of nitrogens with zero attached hydrogens (tertiary/aromatic N) is 5. The van der Waals surface area contributed by atoms with Crippen LogP contribution in [0.5, 0.6) is 0 Å². The van der Waals surface area contributed by atoms with Gasteiger partial charge in [0.05, 0.1) is 24.1 Å². The van der Waals surface area contributed by atoms with Gasteiger partial charge in [0.1, 0.15) is 11.9 Å². The molecular weight excluding hydrogens is 567 g/mol. The van der Waals surface area contributed by atoms with E-state index in [1.807, 2.05) is 10.3 Å². The van der Waals surface area contributed by atoms with E-state index in [0.29, 0.717) is 77.6 Å². The van der Waals surface area contributed by atoms with Crippen molar-refractivity contribution < 1.29 is 23.8 Å². The number of methoxy groups -OCH3 is 1. The molecule has 0 unspecified atom stereocenters. The summed E-state index contributed by atoms with van der Waals surface area (Å²) in [5, 5.41) is 16.1. The number of benzene rings is 1. The number of esters is 1. The van der Waals surface area contributed by atoms with E-state index in [-0.39, 0.29) is 11.9 Å². The number of nitrogens with one attached hydrogen (secondary N) is 1. The van der Waals surface area contributed by atoms with E-state index in [0.717, 1.165) is 0 Å². The fourth-order valence-electron chi connectivity index (χ4n) is 5.55. The molecule has 0 spiro atoms. The van der Waals surface area contributed by atoms with Crippen LogP contribution in [0, 0.1) is 18.2 Å². The van der Waals surface area contributed by atoms with Gasteiger partial charge in [0, 0.05) is 56.5 Å². The molecule has 218 valence electrons. The summed E-state index contributed by atoms with van der Waals surface area (Å²) >= 11 is 7.14. The summed E-state index contributed by atoms with van der Waals surface area (Å²) in [7, 11) is 1.33. The molecule has 2 aromatic rings. The lowest BCUT2D eigenvalue weighted by Gasteiger charge is -2.38. The molecule has 3 aliphatic rings. The van der Waals surface area contributed by atoms with Crippen LogP contribution in [0.3, 0.4) is 0 Å². The van der Waals surface area contributed by atoms with E-state index >= 15 is 0 Å². The molecule has 2 saturated heterocycles. The van der Waals surface area contributed by atoms with Crippen LogP contribution in [0.2, 0.25) is 0 Å². The van der Waals surface area contributed by atoms with Crippen molar-refractivity contribution in [3.05, 3.63) is 63.0 Å². The molecule has 0 aliphatic carbocycles. The molecule has 4 heterocycles. The minimum absolute atomic E-state index is 0.0833. The van der Waals surface area contributed by atoms with E-state index < -0.39 is 23.4 Å². The predicted molar refractivity (Wildman–Crippen MR) is 157 cm³/mol. The summed E-state index contributed by atoms with van der Waals surface area (Å²) in [6, 6.07) is 4.10. The topological polar surface area (TPSA) is 111 Å². The number of carboxylic acid groups (broad SMARTS) is 1. The monoisotopic (exact) mass is 600 g/mol. The smallest absolute Gasteiger partial charge is 0.338 e. The van der Waals surface area contributed by atoms with Gasteiger partial charge in [-0.2, -0.15) is 0 Å². The second-order valence-corrected chi connectivity index (χ2v) is 12.4. The van der Waals surface area contributed by atoms with Gasteiger partial charge >= 0.3 is 11.9 Å². The Morgan fingerprint density at radius 1 is 1.29 bits per heavy atom. The molecular formula is C28H33FN6O4S2. The summed E-state index contributed by atoms with van der Waals surface area (Å²) in [6.07, 6.45) is 1.69. The molecule has 1 aromatic carbocycles. The van der Waals surface area contributed by atoms with Crippen LogP contribution in [-0.4, -0.2) is 100 Å². The van der Waals surface area contributed by atoms with Gasteiger partial charge in [0.25, 0.3) is 0 Å². The van der Waals surface area contributed by atoms with Crippen molar-refractivity contribution in [3.63, 3.8) is 0 Å². The van der Waals surface area contributed by atoms with Crippen LogP contribution in [0.25, 0.3) is 0 Å². The van der Waals surface area contributed by atoms with E-state index in [1.54, 1.807) is 39.1 Å². The van der Waals surface area contributed by atoms with Gasteiger partial charge in [-0.3, -0.25) is 14.7 Å². The molecule has 10 nitrogen and oxygen atoms in total. The molecule has 2 atom stereocenters. The van der Waals surface area contributed by atoms with Gasteiger partial charge in [0.15, 0.2) is 16.0 Å². The number of piperazine rings is 1. The number of halogens is 1. The van der Waals surface area contributed by atoms with Gasteiger partial charge in [-0.15, -0.1) is 11.3 Å². The number of carboxylic acids is 1. The number of aliphatic imine (C=N–C) groups is 1. The van der Waals surface area contributed by atoms with Crippen molar-refractivity contribution in [3.8, 4) is 0 Å². The molecule has 0 amide bonds. The largest absolute Gasteiger partial charge is 0.481 e. The molecule has 13 heteroatoms. The highest BCUT2D eigenvalue weighted by Gasteiger charge is 2.42. The van der Waals surface area contributed by atoms with E-state index in [9.17, 15) is 19.1 Å². The number of aromatic nitrogens is 1. The van der Waals surface area contributed by atoms with Gasteiger partial charge in [-0.25, -0.2) is 14.2 Å². The number of carbonyl (C=O) groups excluding carboxylic acids is 1. The lowest BCUT2D eigenvalue weighted by molar-refractivity contribution is -0.147. The zero-order chi connectivity index (χ0) is 29.5. The van der Waals surface area contributed by atoms with Crippen molar-refractivity contribution in [2.45, 2.75) is 32.9 Å². The Bertz CT molecular complexity index is 1430. The third kappa shape index (κ3) is 5.70. The van der Waals surface area contributed by atoms with Crippen molar-refractivity contribution >= 4 is 46.4 Å². The number of ether oxygens (including phenoxy) is 1. The van der Waals surface area contributed by atoms with Gasteiger partial charge in [0.2, 0.25) is 0 Å². The van der Waals surface area contributed by atoms with Crippen molar-refractivity contribution in [2.24, 2.45) is 10.4 Å². The van der Waals surface area contributed by atoms with E-state index in [4.69, 9.17) is 21.9 Å². The average Bonchev–Trinajstić information content (AvgIpc) is 3.58. The zero-order valence-electron chi connectivity index (χ0n) is 23.4. The Balaban J connectivity index is 1.44. The number of rotatable bonds is 8. The van der Waals surface area contributed by atoms with Crippen LogP contribution in [0.4, 0.5) is 4.39 Å². The van der Waals surface area contributed by atoms with E-state index in [1.165, 1.54) is 24.5 Å². The first kappa shape index (κ1) is 29.1. The Kier molecular flexibility index (Phi) is 8.13. The lowest BCUT2D eigenvalue weighted by atomic mass is 9.92. The van der Waals surface area contributed by atoms with Crippen LogP contribution in [0.15, 0.2) is 46.0 Å². The second-order valence-electron chi connectivity index (χ2n) is 11.1. The van der Waals surface area contributed by atoms with Crippen molar-refractivity contribution in [1.29, 1.82) is 0 Å². The highest BCUT2D eigenvalue weighted by Crippen LogP contribution is 2.36. The summed E-state index contributed by atoms with van der Waals surface area (Å²) in [4.78, 5) is 40.6. The van der Waals surface area contributed by atoms with Gasteiger partial charge in [-0.05, 0) is 50.2 Å². The zero-order valence-corrected chi connectivity index (χ0v) is 25.0. The maximum Gasteiger partial charge on any atom is 0.338 e. The first-order valence-corrected chi connectivity index (χ1v) is 14.6. The number of thiazole rings is 1. The van der Waals surface area contributed by atoms with E-state index in [2.05, 4.69) is 20.1 Å². The Hall–Kier alpha value is -3.42. The number of hydrogen-bond acceptors (Lipinski definition) is 9. The molecule has 5 rings (SSSR count). The molecule has 0 saturated carbocycles. The van der Waals surface area contributed by atoms with Crippen molar-refractivity contribution in [2.75, 3.05) is 46.4 Å². The number of fused-ring (bicyclic) bond motifs is 1. The molecule has 2 fully saturated rings. The van der Waals surface area contributed by atoms with Crippen LogP contribution in [0.1, 0.15) is 36.0 Å². The quantitative estimate of drug-likeness (QED) is 0.347. The Morgan fingerprint density at radius 3 is 2.76 bits per heavy atom. The first-order chi connectivity index (χ1) is 19.5.